The Bertz CT molecular complexity index is 1870. The number of ether oxygens (including phenoxy) is 3. The molecule has 0 aromatic heterocycles. The van der Waals surface area contributed by atoms with Gasteiger partial charge < -0.3 is 23.7 Å². The van der Waals surface area contributed by atoms with Crippen LogP contribution in [-0.2, 0) is 17.6 Å². The molecule has 3 atom stereocenters. The summed E-state index contributed by atoms with van der Waals surface area (Å²) in [7, 11) is -2.34. The second-order valence-electron chi connectivity index (χ2n) is 14.6. The molecule has 7 heteroatoms. The molecule has 5 aromatic carbocycles. The Morgan fingerprint density at radius 1 is 0.740 bits per heavy atom. The number of benzene rings is 5. The number of phenolic OH excluding ortho intramolecular Hbond substituents is 1. The van der Waals surface area contributed by atoms with Crippen LogP contribution in [0.4, 0.5) is 0 Å². The predicted molar refractivity (Wildman–Crippen MR) is 206 cm³/mol. The van der Waals surface area contributed by atoms with E-state index < -0.39 is 14.4 Å². The van der Waals surface area contributed by atoms with Gasteiger partial charge in [-0.15, -0.1) is 11.8 Å². The Morgan fingerprint density at radius 3 is 1.90 bits per heavy atom. The highest BCUT2D eigenvalue weighted by molar-refractivity contribution is 7.99. The number of hydrogen-bond donors (Lipinski definition) is 1. The molecule has 260 valence electrons. The monoisotopic (exact) mass is 704 g/mol. The summed E-state index contributed by atoms with van der Waals surface area (Å²) in [5.74, 6) is 2.07. The molecule has 1 N–H and O–H groups in total. The Hall–Kier alpha value is -4.17. The Balaban J connectivity index is 1.45. The van der Waals surface area contributed by atoms with Crippen LogP contribution in [0.15, 0.2) is 120 Å². The molecule has 50 heavy (non-hydrogen) atoms. The van der Waals surface area contributed by atoms with Gasteiger partial charge in [0.15, 0.2) is 8.32 Å². The number of hydrogen-bond acceptors (Lipinski definition) is 6. The molecular weight excluding hydrogens is 657 g/mol. The van der Waals surface area contributed by atoms with Gasteiger partial charge in [-0.25, -0.2) is 0 Å². The van der Waals surface area contributed by atoms with Gasteiger partial charge in [-0.1, -0.05) is 112 Å². The van der Waals surface area contributed by atoms with Gasteiger partial charge >= 0.3 is 0 Å². The van der Waals surface area contributed by atoms with E-state index in [-0.39, 0.29) is 22.1 Å². The van der Waals surface area contributed by atoms with Crippen LogP contribution in [0.5, 0.6) is 23.0 Å². The lowest BCUT2D eigenvalue weighted by atomic mass is 9.93. The molecule has 0 unspecified atom stereocenters. The van der Waals surface area contributed by atoms with E-state index in [1.54, 1.807) is 23.9 Å². The SMILES string of the molecule is Cc1cccc(C)c1S[C@H]1c2c(OCc3ccccc3)cc(O)cc2O[C@H](c2ccc(OCc3ccccc3)cc2)[C@@H]1O[Si](C)(C)C(C)(C)C. The van der Waals surface area contributed by atoms with E-state index in [2.05, 4.69) is 90.2 Å². The van der Waals surface area contributed by atoms with E-state index in [1.165, 1.54) is 16.0 Å². The van der Waals surface area contributed by atoms with Crippen LogP contribution >= 0.6 is 11.8 Å². The smallest absolute Gasteiger partial charge is 0.192 e. The van der Waals surface area contributed by atoms with E-state index in [4.69, 9.17) is 18.6 Å². The van der Waals surface area contributed by atoms with Gasteiger partial charge in [-0.3, -0.25) is 0 Å². The lowest BCUT2D eigenvalue weighted by Gasteiger charge is -2.46. The standard InChI is InChI=1S/C43H48O5SSi/c1-29-15-14-16-30(2)41(29)49-42-38-36(46-28-32-19-12-9-13-20-32)25-34(44)26-37(38)47-39(40(42)48-50(6,7)43(3,4)5)33-21-23-35(24-22-33)45-27-31-17-10-8-11-18-31/h8-26,39-40,42,44H,27-28H2,1-7H3/t39-,40+,42+/m1/s1. The van der Waals surface area contributed by atoms with Crippen LogP contribution in [0.1, 0.15) is 65.5 Å². The van der Waals surface area contributed by atoms with Crippen LogP contribution in [0.3, 0.4) is 0 Å². The van der Waals surface area contributed by atoms with Crippen molar-refractivity contribution in [3.05, 3.63) is 149 Å². The highest BCUT2D eigenvalue weighted by atomic mass is 32.2. The van der Waals surface area contributed by atoms with Gasteiger partial charge in [-0.05, 0) is 71.9 Å². The summed E-state index contributed by atoms with van der Waals surface area (Å²) >= 11 is 1.80. The molecule has 6 rings (SSSR count). The summed E-state index contributed by atoms with van der Waals surface area (Å²) in [4.78, 5) is 1.21. The van der Waals surface area contributed by atoms with Crippen molar-refractivity contribution in [1.29, 1.82) is 0 Å². The fourth-order valence-corrected chi connectivity index (χ4v) is 8.81. The number of aryl methyl sites for hydroxylation is 2. The molecule has 0 saturated heterocycles. The fraction of sp³-hybridized carbons (Fsp3) is 0.302. The quantitative estimate of drug-likeness (QED) is 0.138. The highest BCUT2D eigenvalue weighted by Gasteiger charge is 2.48. The minimum atomic E-state index is -2.34. The van der Waals surface area contributed by atoms with Crippen molar-refractivity contribution in [3.8, 4) is 23.0 Å². The first kappa shape index (κ1) is 35.6. The zero-order chi connectivity index (χ0) is 35.5. The second kappa shape index (κ2) is 15.0. The van der Waals surface area contributed by atoms with Gasteiger partial charge in [0.2, 0.25) is 0 Å². The van der Waals surface area contributed by atoms with Crippen LogP contribution in [0, 0.1) is 13.8 Å². The minimum absolute atomic E-state index is 0.0393. The maximum absolute atomic E-state index is 11.0. The van der Waals surface area contributed by atoms with Crippen LogP contribution in [-0.4, -0.2) is 19.5 Å². The maximum atomic E-state index is 11.0. The molecule has 0 aliphatic carbocycles. The number of thioether (sulfide) groups is 1. The molecule has 1 aliphatic rings. The summed E-state index contributed by atoms with van der Waals surface area (Å²) < 4.78 is 27.1. The molecule has 0 radical (unpaired) electrons. The molecule has 5 aromatic rings. The molecule has 0 amide bonds. The summed E-state index contributed by atoms with van der Waals surface area (Å²) in [5.41, 5.74) is 6.44. The molecular formula is C43H48O5SSi. The first-order valence-corrected chi connectivity index (χ1v) is 21.1. The molecule has 1 aliphatic heterocycles. The maximum Gasteiger partial charge on any atom is 0.192 e. The zero-order valence-electron chi connectivity index (χ0n) is 30.1. The number of aromatic hydroxyl groups is 1. The Labute approximate surface area is 302 Å². The van der Waals surface area contributed by atoms with Gasteiger partial charge in [0.25, 0.3) is 0 Å². The van der Waals surface area contributed by atoms with Crippen molar-refractivity contribution in [2.75, 3.05) is 0 Å². The molecule has 5 nitrogen and oxygen atoms in total. The largest absolute Gasteiger partial charge is 0.508 e. The van der Waals surface area contributed by atoms with Crippen molar-refractivity contribution < 1.29 is 23.7 Å². The van der Waals surface area contributed by atoms with Crippen molar-refractivity contribution in [2.24, 2.45) is 0 Å². The molecule has 0 spiro atoms. The molecule has 0 saturated carbocycles. The van der Waals surface area contributed by atoms with Gasteiger partial charge in [0.1, 0.15) is 48.4 Å². The van der Waals surface area contributed by atoms with Crippen molar-refractivity contribution in [3.63, 3.8) is 0 Å². The van der Waals surface area contributed by atoms with E-state index in [9.17, 15) is 5.11 Å². The number of phenols is 1. The van der Waals surface area contributed by atoms with Gasteiger partial charge in [0.05, 0.1) is 10.8 Å². The fourth-order valence-electron chi connectivity index (χ4n) is 5.98. The number of rotatable bonds is 11. The summed E-state index contributed by atoms with van der Waals surface area (Å²) in [6.07, 6.45) is -0.822. The molecule has 1 heterocycles. The first-order valence-electron chi connectivity index (χ1n) is 17.3. The third-order valence-corrected chi connectivity index (χ3v) is 15.9. The summed E-state index contributed by atoms with van der Waals surface area (Å²) in [6, 6.07) is 38.3. The average molecular weight is 705 g/mol. The summed E-state index contributed by atoms with van der Waals surface area (Å²) in [6.45, 7) is 16.6. The number of fused-ring (bicyclic) bond motifs is 1. The Kier molecular flexibility index (Phi) is 10.7. The predicted octanol–water partition coefficient (Wildman–Crippen LogP) is 11.5. The molecule has 0 fully saturated rings. The first-order chi connectivity index (χ1) is 23.9. The van der Waals surface area contributed by atoms with Crippen molar-refractivity contribution >= 4 is 20.1 Å². The van der Waals surface area contributed by atoms with Crippen LogP contribution < -0.4 is 14.2 Å². The lowest BCUT2D eigenvalue weighted by Crippen LogP contribution is -2.48. The van der Waals surface area contributed by atoms with Crippen LogP contribution in [0.2, 0.25) is 18.1 Å². The summed E-state index contributed by atoms with van der Waals surface area (Å²) in [5, 5.41) is 10.8. The van der Waals surface area contributed by atoms with Crippen LogP contribution in [0.25, 0.3) is 0 Å². The van der Waals surface area contributed by atoms with Crippen molar-refractivity contribution in [2.45, 2.75) is 88.3 Å². The third kappa shape index (κ3) is 8.07. The van der Waals surface area contributed by atoms with E-state index in [0.717, 1.165) is 28.0 Å². The third-order valence-electron chi connectivity index (χ3n) is 9.81. The highest BCUT2D eigenvalue weighted by Crippen LogP contribution is 2.57. The minimum Gasteiger partial charge on any atom is -0.508 e. The van der Waals surface area contributed by atoms with E-state index >= 15 is 0 Å². The van der Waals surface area contributed by atoms with E-state index in [1.807, 2.05) is 60.7 Å². The lowest BCUT2D eigenvalue weighted by molar-refractivity contribution is 0.0251. The topological polar surface area (TPSA) is 57.2 Å². The average Bonchev–Trinajstić information content (AvgIpc) is 3.09. The van der Waals surface area contributed by atoms with Gasteiger partial charge in [-0.2, -0.15) is 0 Å². The zero-order valence-corrected chi connectivity index (χ0v) is 31.9. The second-order valence-corrected chi connectivity index (χ2v) is 20.5. The van der Waals surface area contributed by atoms with E-state index in [0.29, 0.717) is 24.7 Å². The Morgan fingerprint density at radius 2 is 1.32 bits per heavy atom. The molecule has 0 bridgehead atoms. The van der Waals surface area contributed by atoms with Crippen molar-refractivity contribution in [1.82, 2.24) is 0 Å². The van der Waals surface area contributed by atoms with Gasteiger partial charge in [0, 0.05) is 17.0 Å². The normalized spacial score (nSPS) is 17.5.